The number of hydrogen-bond donors (Lipinski definition) is 0. The lowest BCUT2D eigenvalue weighted by Crippen LogP contribution is -2.12. The van der Waals surface area contributed by atoms with Gasteiger partial charge in [-0.2, -0.15) is 0 Å². The number of fused-ring (bicyclic) bond motifs is 1. The van der Waals surface area contributed by atoms with E-state index >= 15 is 0 Å². The third-order valence-corrected chi connectivity index (χ3v) is 2.22. The summed E-state index contributed by atoms with van der Waals surface area (Å²) >= 11 is 0. The predicted octanol–water partition coefficient (Wildman–Crippen LogP) is 1.78. The summed E-state index contributed by atoms with van der Waals surface area (Å²) in [5, 5.41) is 0. The van der Waals surface area contributed by atoms with E-state index in [1.54, 1.807) is 0 Å². The van der Waals surface area contributed by atoms with E-state index in [0.717, 1.165) is 0 Å². The van der Waals surface area contributed by atoms with Crippen molar-refractivity contribution in [2.24, 2.45) is 0 Å². The Balaban J connectivity index is 2.41. The van der Waals surface area contributed by atoms with E-state index < -0.39 is 0 Å². The van der Waals surface area contributed by atoms with Crippen LogP contribution in [0.3, 0.4) is 0 Å². The van der Waals surface area contributed by atoms with Crippen molar-refractivity contribution >= 4 is 0 Å². The Labute approximate surface area is 60.9 Å². The number of rotatable bonds is 0. The van der Waals surface area contributed by atoms with Gasteiger partial charge >= 0.3 is 0 Å². The largest absolute Gasteiger partial charge is 0.335 e. The van der Waals surface area contributed by atoms with Crippen molar-refractivity contribution in [3.05, 3.63) is 18.2 Å². The van der Waals surface area contributed by atoms with Gasteiger partial charge in [0.25, 0.3) is 0 Å². The first-order chi connectivity index (χ1) is 4.88. The van der Waals surface area contributed by atoms with Crippen LogP contribution >= 0.6 is 0 Å². The van der Waals surface area contributed by atoms with Gasteiger partial charge in [0.2, 0.25) is 0 Å². The van der Waals surface area contributed by atoms with Gasteiger partial charge in [-0.3, -0.25) is 0 Å². The fourth-order valence-corrected chi connectivity index (χ4v) is 1.64. The zero-order valence-corrected chi connectivity index (χ0v) is 6.25. The lowest BCUT2D eigenvalue weighted by Gasteiger charge is -2.19. The number of aromatic nitrogens is 2. The van der Waals surface area contributed by atoms with Gasteiger partial charge in [0, 0.05) is 24.9 Å². The molecule has 54 valence electrons. The standard InChI is InChI=1S/C8H12N2/c1-7-3-2-5-10-6-4-9-8(7)10/h4,6-7H,2-3,5H2,1H3. The second-order valence-electron chi connectivity index (χ2n) is 3.02. The van der Waals surface area contributed by atoms with E-state index in [4.69, 9.17) is 0 Å². The molecule has 2 heterocycles. The fraction of sp³-hybridized carbons (Fsp3) is 0.625. The molecule has 0 saturated heterocycles. The first-order valence-corrected chi connectivity index (χ1v) is 3.89. The first-order valence-electron chi connectivity index (χ1n) is 3.89. The smallest absolute Gasteiger partial charge is 0.111 e. The summed E-state index contributed by atoms with van der Waals surface area (Å²) in [5.74, 6) is 1.94. The summed E-state index contributed by atoms with van der Waals surface area (Å²) in [7, 11) is 0. The molecule has 1 unspecified atom stereocenters. The maximum Gasteiger partial charge on any atom is 0.111 e. The van der Waals surface area contributed by atoms with Crippen molar-refractivity contribution in [1.82, 2.24) is 9.55 Å². The number of aryl methyl sites for hydroxylation is 1. The van der Waals surface area contributed by atoms with Gasteiger partial charge in [0.05, 0.1) is 0 Å². The molecular formula is C8H12N2. The van der Waals surface area contributed by atoms with Crippen LogP contribution in [0.25, 0.3) is 0 Å². The van der Waals surface area contributed by atoms with Gasteiger partial charge in [0.15, 0.2) is 0 Å². The van der Waals surface area contributed by atoms with Crippen molar-refractivity contribution in [3.63, 3.8) is 0 Å². The fourth-order valence-electron chi connectivity index (χ4n) is 1.64. The Bertz CT molecular complexity index is 227. The predicted molar refractivity (Wildman–Crippen MR) is 39.9 cm³/mol. The minimum Gasteiger partial charge on any atom is -0.335 e. The summed E-state index contributed by atoms with van der Waals surface area (Å²) in [6.45, 7) is 3.41. The Morgan fingerprint density at radius 2 is 2.60 bits per heavy atom. The maximum atomic E-state index is 4.30. The van der Waals surface area contributed by atoms with Crippen LogP contribution in [-0.2, 0) is 6.54 Å². The monoisotopic (exact) mass is 136 g/mol. The molecule has 2 nitrogen and oxygen atoms in total. The van der Waals surface area contributed by atoms with E-state index in [0.29, 0.717) is 5.92 Å². The quantitative estimate of drug-likeness (QED) is 0.531. The van der Waals surface area contributed by atoms with E-state index in [-0.39, 0.29) is 0 Å². The van der Waals surface area contributed by atoms with Crippen LogP contribution in [0.5, 0.6) is 0 Å². The Kier molecular flexibility index (Phi) is 1.26. The molecule has 1 atom stereocenters. The molecule has 0 fully saturated rings. The molecule has 2 heteroatoms. The van der Waals surface area contributed by atoms with Crippen LogP contribution in [0.1, 0.15) is 31.5 Å². The highest BCUT2D eigenvalue weighted by atomic mass is 15.1. The van der Waals surface area contributed by atoms with Crippen molar-refractivity contribution in [3.8, 4) is 0 Å². The van der Waals surface area contributed by atoms with Crippen molar-refractivity contribution < 1.29 is 0 Å². The van der Waals surface area contributed by atoms with Crippen LogP contribution in [-0.4, -0.2) is 9.55 Å². The zero-order valence-electron chi connectivity index (χ0n) is 6.25. The van der Waals surface area contributed by atoms with Gasteiger partial charge < -0.3 is 4.57 Å². The van der Waals surface area contributed by atoms with E-state index in [2.05, 4.69) is 22.7 Å². The van der Waals surface area contributed by atoms with E-state index in [9.17, 15) is 0 Å². The van der Waals surface area contributed by atoms with Crippen LogP contribution in [0.15, 0.2) is 12.4 Å². The van der Waals surface area contributed by atoms with Crippen LogP contribution in [0.2, 0.25) is 0 Å². The van der Waals surface area contributed by atoms with E-state index in [1.165, 1.54) is 25.2 Å². The van der Waals surface area contributed by atoms with Gasteiger partial charge in [-0.05, 0) is 12.8 Å². The van der Waals surface area contributed by atoms with Gasteiger partial charge in [-0.1, -0.05) is 6.92 Å². The van der Waals surface area contributed by atoms with Crippen LogP contribution < -0.4 is 0 Å². The lowest BCUT2D eigenvalue weighted by molar-refractivity contribution is 0.463. The molecule has 0 bridgehead atoms. The molecule has 0 saturated carbocycles. The second kappa shape index (κ2) is 2.11. The molecule has 0 spiro atoms. The van der Waals surface area contributed by atoms with Crippen LogP contribution in [0.4, 0.5) is 0 Å². The third-order valence-electron chi connectivity index (χ3n) is 2.22. The molecule has 0 aromatic carbocycles. The Morgan fingerprint density at radius 3 is 3.40 bits per heavy atom. The van der Waals surface area contributed by atoms with E-state index in [1.807, 2.05) is 6.20 Å². The molecule has 0 aliphatic carbocycles. The zero-order chi connectivity index (χ0) is 6.97. The number of nitrogens with zero attached hydrogens (tertiary/aromatic N) is 2. The van der Waals surface area contributed by atoms with Gasteiger partial charge in [-0.25, -0.2) is 4.98 Å². The minimum absolute atomic E-state index is 0.670. The average molecular weight is 136 g/mol. The molecule has 10 heavy (non-hydrogen) atoms. The molecule has 0 radical (unpaired) electrons. The van der Waals surface area contributed by atoms with Crippen LogP contribution in [0, 0.1) is 0 Å². The minimum atomic E-state index is 0.670. The molecule has 1 aromatic rings. The summed E-state index contributed by atoms with van der Waals surface area (Å²) in [6, 6.07) is 0. The molecule has 2 rings (SSSR count). The van der Waals surface area contributed by atoms with Crippen molar-refractivity contribution in [2.75, 3.05) is 0 Å². The summed E-state index contributed by atoms with van der Waals surface area (Å²) in [4.78, 5) is 4.30. The summed E-state index contributed by atoms with van der Waals surface area (Å²) in [5.41, 5.74) is 0. The average Bonchev–Trinajstić information content (AvgIpc) is 2.36. The van der Waals surface area contributed by atoms with Gasteiger partial charge in [0.1, 0.15) is 5.82 Å². The Hall–Kier alpha value is -0.790. The summed E-state index contributed by atoms with van der Waals surface area (Å²) in [6.07, 6.45) is 6.59. The SMILES string of the molecule is CC1CCCn2ccnc21. The molecule has 1 aromatic heterocycles. The van der Waals surface area contributed by atoms with Crippen molar-refractivity contribution in [1.29, 1.82) is 0 Å². The summed E-state index contributed by atoms with van der Waals surface area (Å²) < 4.78 is 2.26. The molecule has 0 N–H and O–H groups in total. The first kappa shape index (κ1) is 5.96. The highest BCUT2D eigenvalue weighted by Gasteiger charge is 2.15. The molecular weight excluding hydrogens is 124 g/mol. The normalized spacial score (nSPS) is 24.3. The topological polar surface area (TPSA) is 17.8 Å². The second-order valence-corrected chi connectivity index (χ2v) is 3.02. The highest BCUT2D eigenvalue weighted by molar-refractivity contribution is 5.01. The molecule has 1 aliphatic rings. The highest BCUT2D eigenvalue weighted by Crippen LogP contribution is 2.24. The number of imidazole rings is 1. The Morgan fingerprint density at radius 1 is 1.70 bits per heavy atom. The maximum absolute atomic E-state index is 4.30. The molecule has 1 aliphatic heterocycles. The third kappa shape index (κ3) is 0.753. The lowest BCUT2D eigenvalue weighted by atomic mass is 10.0. The van der Waals surface area contributed by atoms with Gasteiger partial charge in [-0.15, -0.1) is 0 Å². The molecule has 0 amide bonds. The number of hydrogen-bond acceptors (Lipinski definition) is 1. The van der Waals surface area contributed by atoms with Crippen molar-refractivity contribution in [2.45, 2.75) is 32.2 Å².